The molecule has 3 nitrogen and oxygen atoms in total. The van der Waals surface area contributed by atoms with Crippen LogP contribution in [0.25, 0.3) is 0 Å². The molecule has 0 aromatic carbocycles. The third-order valence-corrected chi connectivity index (χ3v) is 5.85. The third-order valence-electron chi connectivity index (χ3n) is 4.01. The SMILES string of the molecule is O=S1(=O)CCC2(CC2CNC2CC2)C1. The van der Waals surface area contributed by atoms with Crippen molar-refractivity contribution in [2.24, 2.45) is 11.3 Å². The van der Waals surface area contributed by atoms with Crippen molar-refractivity contribution in [1.82, 2.24) is 5.32 Å². The molecule has 2 atom stereocenters. The van der Waals surface area contributed by atoms with Crippen LogP contribution in [-0.4, -0.2) is 32.5 Å². The van der Waals surface area contributed by atoms with Gasteiger partial charge < -0.3 is 5.32 Å². The molecule has 0 aromatic heterocycles. The Hall–Kier alpha value is -0.0900. The maximum atomic E-state index is 11.4. The monoisotopic (exact) mass is 215 g/mol. The van der Waals surface area contributed by atoms with Crippen molar-refractivity contribution in [2.45, 2.75) is 31.7 Å². The summed E-state index contributed by atoms with van der Waals surface area (Å²) in [6.45, 7) is 1.06. The minimum Gasteiger partial charge on any atom is -0.314 e. The molecule has 1 N–H and O–H groups in total. The lowest BCUT2D eigenvalue weighted by atomic mass is 10.0. The van der Waals surface area contributed by atoms with E-state index >= 15 is 0 Å². The van der Waals surface area contributed by atoms with Gasteiger partial charge in [-0.1, -0.05) is 0 Å². The summed E-state index contributed by atoms with van der Waals surface area (Å²) < 4.78 is 22.7. The van der Waals surface area contributed by atoms with Gasteiger partial charge in [-0.25, -0.2) is 8.42 Å². The normalized spacial score (nSPS) is 44.4. The number of sulfone groups is 1. The second-order valence-electron chi connectivity index (χ2n) is 5.29. The van der Waals surface area contributed by atoms with E-state index in [9.17, 15) is 8.42 Å². The van der Waals surface area contributed by atoms with E-state index in [4.69, 9.17) is 0 Å². The highest BCUT2D eigenvalue weighted by atomic mass is 32.2. The summed E-state index contributed by atoms with van der Waals surface area (Å²) in [6, 6.07) is 0.755. The molecule has 0 radical (unpaired) electrons. The van der Waals surface area contributed by atoms with Gasteiger partial charge in [-0.2, -0.15) is 0 Å². The van der Waals surface area contributed by atoms with E-state index in [1.165, 1.54) is 12.8 Å². The van der Waals surface area contributed by atoms with Crippen molar-refractivity contribution in [3.63, 3.8) is 0 Å². The lowest BCUT2D eigenvalue weighted by Crippen LogP contribution is -2.22. The van der Waals surface area contributed by atoms with Gasteiger partial charge in [-0.05, 0) is 43.6 Å². The van der Waals surface area contributed by atoms with Crippen molar-refractivity contribution < 1.29 is 8.42 Å². The number of rotatable bonds is 3. The fourth-order valence-electron chi connectivity index (χ4n) is 2.74. The molecule has 3 fully saturated rings. The van der Waals surface area contributed by atoms with Gasteiger partial charge in [-0.15, -0.1) is 0 Å². The number of hydrogen-bond acceptors (Lipinski definition) is 3. The number of nitrogens with one attached hydrogen (secondary N) is 1. The maximum Gasteiger partial charge on any atom is 0.150 e. The Morgan fingerprint density at radius 1 is 1.36 bits per heavy atom. The van der Waals surface area contributed by atoms with Gasteiger partial charge >= 0.3 is 0 Å². The molecular formula is C10H17NO2S. The number of hydrogen-bond donors (Lipinski definition) is 1. The Kier molecular flexibility index (Phi) is 1.78. The van der Waals surface area contributed by atoms with Crippen LogP contribution in [0.15, 0.2) is 0 Å². The Morgan fingerprint density at radius 3 is 2.71 bits per heavy atom. The summed E-state index contributed by atoms with van der Waals surface area (Å²) in [4.78, 5) is 0. The molecule has 1 aliphatic heterocycles. The Morgan fingerprint density at radius 2 is 2.14 bits per heavy atom. The van der Waals surface area contributed by atoms with Crippen LogP contribution in [0.3, 0.4) is 0 Å². The van der Waals surface area contributed by atoms with E-state index in [0.29, 0.717) is 17.4 Å². The van der Waals surface area contributed by atoms with E-state index in [-0.39, 0.29) is 5.41 Å². The van der Waals surface area contributed by atoms with E-state index in [0.717, 1.165) is 25.4 Å². The second-order valence-corrected chi connectivity index (χ2v) is 7.47. The first-order valence-electron chi connectivity index (χ1n) is 5.54. The molecule has 3 rings (SSSR count). The smallest absolute Gasteiger partial charge is 0.150 e. The second kappa shape index (κ2) is 2.73. The molecule has 1 saturated heterocycles. The molecule has 0 bridgehead atoms. The highest BCUT2D eigenvalue weighted by Gasteiger charge is 2.59. The van der Waals surface area contributed by atoms with Crippen LogP contribution in [0.5, 0.6) is 0 Å². The van der Waals surface area contributed by atoms with Crippen LogP contribution in [0.2, 0.25) is 0 Å². The molecule has 4 heteroatoms. The van der Waals surface area contributed by atoms with E-state index in [1.54, 1.807) is 0 Å². The fraction of sp³-hybridized carbons (Fsp3) is 1.00. The van der Waals surface area contributed by atoms with Crippen molar-refractivity contribution in [1.29, 1.82) is 0 Å². The van der Waals surface area contributed by atoms with Crippen molar-refractivity contribution in [2.75, 3.05) is 18.1 Å². The predicted molar refractivity (Wildman–Crippen MR) is 54.8 cm³/mol. The molecule has 3 aliphatic rings. The summed E-state index contributed by atoms with van der Waals surface area (Å²) in [5.41, 5.74) is 0.209. The zero-order chi connectivity index (χ0) is 9.81. The zero-order valence-corrected chi connectivity index (χ0v) is 9.15. The highest BCUT2D eigenvalue weighted by molar-refractivity contribution is 7.91. The minimum absolute atomic E-state index is 0.209. The summed E-state index contributed by atoms with van der Waals surface area (Å²) in [5, 5.41) is 3.50. The van der Waals surface area contributed by atoms with Crippen molar-refractivity contribution in [3.8, 4) is 0 Å². The van der Waals surface area contributed by atoms with Gasteiger partial charge in [-0.3, -0.25) is 0 Å². The largest absolute Gasteiger partial charge is 0.314 e. The van der Waals surface area contributed by atoms with E-state index < -0.39 is 9.84 Å². The molecule has 1 heterocycles. The molecule has 1 spiro atoms. The van der Waals surface area contributed by atoms with E-state index in [2.05, 4.69) is 5.32 Å². The van der Waals surface area contributed by atoms with Gasteiger partial charge in [0.1, 0.15) is 0 Å². The highest BCUT2D eigenvalue weighted by Crippen LogP contribution is 2.59. The fourth-order valence-corrected chi connectivity index (χ4v) is 4.98. The quantitative estimate of drug-likeness (QED) is 0.748. The van der Waals surface area contributed by atoms with Crippen LogP contribution in [0.4, 0.5) is 0 Å². The van der Waals surface area contributed by atoms with Crippen LogP contribution >= 0.6 is 0 Å². The standard InChI is InChI=1S/C10H17NO2S/c12-14(13)4-3-10(7-14)5-8(10)6-11-9-1-2-9/h8-9,11H,1-7H2. The van der Waals surface area contributed by atoms with Gasteiger partial charge in [0.2, 0.25) is 0 Å². The zero-order valence-electron chi connectivity index (χ0n) is 8.33. The molecule has 80 valence electrons. The molecule has 0 aromatic rings. The first-order chi connectivity index (χ1) is 6.60. The first-order valence-corrected chi connectivity index (χ1v) is 7.36. The first kappa shape index (κ1) is 9.16. The maximum absolute atomic E-state index is 11.4. The average molecular weight is 215 g/mol. The van der Waals surface area contributed by atoms with Crippen LogP contribution in [0.1, 0.15) is 25.7 Å². The van der Waals surface area contributed by atoms with Gasteiger partial charge in [0.25, 0.3) is 0 Å². The molecule has 0 amide bonds. The topological polar surface area (TPSA) is 46.2 Å². The van der Waals surface area contributed by atoms with Crippen LogP contribution in [-0.2, 0) is 9.84 Å². The molecule has 2 aliphatic carbocycles. The summed E-state index contributed by atoms with van der Waals surface area (Å²) >= 11 is 0. The Labute approximate surface area is 85.2 Å². The third kappa shape index (κ3) is 1.58. The van der Waals surface area contributed by atoms with Crippen LogP contribution < -0.4 is 5.32 Å². The van der Waals surface area contributed by atoms with Crippen molar-refractivity contribution in [3.05, 3.63) is 0 Å². The Bertz CT molecular complexity index is 347. The van der Waals surface area contributed by atoms with Gasteiger partial charge in [0.15, 0.2) is 9.84 Å². The molecular weight excluding hydrogens is 198 g/mol. The summed E-state index contributed by atoms with van der Waals surface area (Å²) in [6.07, 6.45) is 4.70. The van der Waals surface area contributed by atoms with Gasteiger partial charge in [0.05, 0.1) is 11.5 Å². The van der Waals surface area contributed by atoms with Crippen LogP contribution in [0, 0.1) is 11.3 Å². The Balaban J connectivity index is 1.56. The minimum atomic E-state index is -2.68. The molecule has 2 saturated carbocycles. The molecule has 2 unspecified atom stereocenters. The lowest BCUT2D eigenvalue weighted by Gasteiger charge is -2.06. The van der Waals surface area contributed by atoms with E-state index in [1.807, 2.05) is 0 Å². The lowest BCUT2D eigenvalue weighted by molar-refractivity contribution is 0.487. The van der Waals surface area contributed by atoms with Gasteiger partial charge in [0, 0.05) is 6.04 Å². The molecule has 14 heavy (non-hydrogen) atoms. The summed E-state index contributed by atoms with van der Waals surface area (Å²) in [5.74, 6) is 1.56. The predicted octanol–water partition coefficient (Wildman–Crippen LogP) is 0.563. The summed E-state index contributed by atoms with van der Waals surface area (Å²) in [7, 11) is -2.68. The average Bonchev–Trinajstić information content (AvgIpc) is 2.94. The van der Waals surface area contributed by atoms with Crippen molar-refractivity contribution >= 4 is 9.84 Å².